The Kier molecular flexibility index (Phi) is 9.12. The zero-order chi connectivity index (χ0) is 28.8. The number of aliphatic carboxylic acids is 1. The van der Waals surface area contributed by atoms with Crippen LogP contribution in [0.4, 0.5) is 8.78 Å². The normalized spacial score (nSPS) is 12.5. The number of benzene rings is 3. The Morgan fingerprint density at radius 1 is 1.10 bits per heavy atom. The van der Waals surface area contributed by atoms with Crippen LogP contribution in [0.5, 0.6) is 5.75 Å². The molecule has 0 aliphatic heterocycles. The molecule has 9 heteroatoms. The second kappa shape index (κ2) is 12.7. The summed E-state index contributed by atoms with van der Waals surface area (Å²) < 4.78 is 34.8. The number of methoxy groups -OCH3 is 1. The first kappa shape index (κ1) is 28.7. The molecule has 3 aromatic carbocycles. The lowest BCUT2D eigenvalue weighted by Crippen LogP contribution is -2.26. The van der Waals surface area contributed by atoms with E-state index in [0.29, 0.717) is 21.4 Å². The number of carbonyl (C=O) groups excluding carboxylic acids is 1. The van der Waals surface area contributed by atoms with Gasteiger partial charge < -0.3 is 15.2 Å². The third-order valence-corrected chi connectivity index (χ3v) is 7.97. The number of hydrogen-bond acceptors (Lipinski definition) is 5. The van der Waals surface area contributed by atoms with Crippen molar-refractivity contribution in [3.05, 3.63) is 99.4 Å². The molecule has 0 bridgehead atoms. The molecule has 0 aliphatic rings. The van der Waals surface area contributed by atoms with Gasteiger partial charge in [0.15, 0.2) is 11.6 Å². The quantitative estimate of drug-likeness (QED) is 0.205. The second-order valence-electron chi connectivity index (χ2n) is 9.39. The van der Waals surface area contributed by atoms with Crippen molar-refractivity contribution in [1.82, 2.24) is 5.32 Å². The van der Waals surface area contributed by atoms with Crippen LogP contribution < -0.4 is 10.1 Å². The number of fused-ring (bicyclic) bond motifs is 1. The minimum absolute atomic E-state index is 0.0288. The Bertz CT molecular complexity index is 1560. The van der Waals surface area contributed by atoms with Crippen molar-refractivity contribution < 1.29 is 28.2 Å². The number of nitriles is 1. The Morgan fingerprint density at radius 3 is 2.38 bits per heavy atom. The lowest BCUT2D eigenvalue weighted by molar-refractivity contribution is -0.136. The average Bonchev–Trinajstić information content (AvgIpc) is 3.36. The molecule has 206 valence electrons. The van der Waals surface area contributed by atoms with E-state index in [2.05, 4.69) is 12.2 Å². The van der Waals surface area contributed by atoms with Crippen molar-refractivity contribution in [2.24, 2.45) is 0 Å². The summed E-state index contributed by atoms with van der Waals surface area (Å²) >= 11 is 1.22. The molecule has 2 N–H and O–H groups in total. The first-order valence-electron chi connectivity index (χ1n) is 12.8. The molecular weight excluding hydrogens is 534 g/mol. The molecule has 4 aromatic rings. The fourth-order valence-corrected chi connectivity index (χ4v) is 6.09. The van der Waals surface area contributed by atoms with E-state index in [0.717, 1.165) is 29.5 Å². The summed E-state index contributed by atoms with van der Waals surface area (Å²) in [6.45, 7) is 2.10. The molecule has 4 rings (SSSR count). The number of halogens is 2. The molecule has 40 heavy (non-hydrogen) atoms. The zero-order valence-corrected chi connectivity index (χ0v) is 22.9. The molecule has 0 aliphatic carbocycles. The Hall–Kier alpha value is -4.29. The third-order valence-electron chi connectivity index (χ3n) is 6.94. The van der Waals surface area contributed by atoms with Crippen LogP contribution in [0.25, 0.3) is 10.1 Å². The van der Waals surface area contributed by atoms with Crippen molar-refractivity contribution in [2.45, 2.75) is 38.0 Å². The van der Waals surface area contributed by atoms with Gasteiger partial charge in [0.05, 0.1) is 18.2 Å². The van der Waals surface area contributed by atoms with Crippen LogP contribution in [0.1, 0.15) is 70.6 Å². The van der Waals surface area contributed by atoms with Crippen LogP contribution in [-0.2, 0) is 4.79 Å². The van der Waals surface area contributed by atoms with Crippen molar-refractivity contribution in [2.75, 3.05) is 13.7 Å². The maximum Gasteiger partial charge on any atom is 0.305 e. The third kappa shape index (κ3) is 5.97. The number of nitrogens with zero attached hydrogens (tertiary/aromatic N) is 1. The van der Waals surface area contributed by atoms with Crippen molar-refractivity contribution in [3.8, 4) is 11.8 Å². The summed E-state index contributed by atoms with van der Waals surface area (Å²) in [5, 5.41) is 23.3. The highest BCUT2D eigenvalue weighted by Crippen LogP contribution is 2.46. The number of carbonyl (C=O) groups is 2. The van der Waals surface area contributed by atoms with Crippen LogP contribution >= 0.6 is 11.3 Å². The number of hydrogen-bond donors (Lipinski definition) is 2. The van der Waals surface area contributed by atoms with E-state index >= 15 is 0 Å². The van der Waals surface area contributed by atoms with E-state index in [9.17, 15) is 23.6 Å². The fourth-order valence-electron chi connectivity index (χ4n) is 5.02. The van der Waals surface area contributed by atoms with Gasteiger partial charge in [-0.2, -0.15) is 5.26 Å². The van der Waals surface area contributed by atoms with Crippen molar-refractivity contribution >= 4 is 33.3 Å². The van der Waals surface area contributed by atoms with Gasteiger partial charge in [-0.1, -0.05) is 37.6 Å². The zero-order valence-electron chi connectivity index (χ0n) is 22.0. The van der Waals surface area contributed by atoms with Crippen molar-refractivity contribution in [3.63, 3.8) is 0 Å². The molecule has 2 unspecified atom stereocenters. The summed E-state index contributed by atoms with van der Waals surface area (Å²) in [6, 6.07) is 17.7. The van der Waals surface area contributed by atoms with Crippen LogP contribution in [0.3, 0.4) is 0 Å². The minimum atomic E-state index is -1.15. The average molecular weight is 563 g/mol. The van der Waals surface area contributed by atoms with Crippen molar-refractivity contribution in [1.29, 1.82) is 5.26 Å². The molecule has 1 heterocycles. The molecule has 2 atom stereocenters. The Balaban J connectivity index is 1.81. The fraction of sp³-hybridized carbons (Fsp3) is 0.258. The molecular formula is C31H28F2N2O4S. The van der Waals surface area contributed by atoms with Gasteiger partial charge in [0.1, 0.15) is 17.4 Å². The van der Waals surface area contributed by atoms with Gasteiger partial charge in [-0.05, 0) is 64.7 Å². The molecule has 0 saturated carbocycles. The number of thiophene rings is 1. The highest BCUT2D eigenvalue weighted by molar-refractivity contribution is 7.17. The van der Waals surface area contributed by atoms with Crippen LogP contribution in [0.15, 0.2) is 60.0 Å². The Labute approximate surface area is 234 Å². The number of carboxylic acids is 1. The van der Waals surface area contributed by atoms with Gasteiger partial charge in [-0.25, -0.2) is 8.78 Å². The molecule has 6 nitrogen and oxygen atoms in total. The summed E-state index contributed by atoms with van der Waals surface area (Å²) in [7, 11) is 1.58. The Morgan fingerprint density at radius 2 is 1.77 bits per heavy atom. The maximum atomic E-state index is 14.6. The first-order chi connectivity index (χ1) is 19.3. The number of ether oxygens (including phenoxy) is 1. The topological polar surface area (TPSA) is 99.4 Å². The van der Waals surface area contributed by atoms with E-state index in [4.69, 9.17) is 9.84 Å². The van der Waals surface area contributed by atoms with E-state index in [1.807, 2.05) is 47.8 Å². The van der Waals surface area contributed by atoms with Gasteiger partial charge in [-0.15, -0.1) is 11.3 Å². The largest absolute Gasteiger partial charge is 0.497 e. The maximum absolute atomic E-state index is 14.6. The van der Waals surface area contributed by atoms with Crippen LogP contribution in [0.2, 0.25) is 0 Å². The lowest BCUT2D eigenvalue weighted by atomic mass is 9.75. The smallest absolute Gasteiger partial charge is 0.305 e. The predicted octanol–water partition coefficient (Wildman–Crippen LogP) is 6.98. The minimum Gasteiger partial charge on any atom is -0.497 e. The second-order valence-corrected chi connectivity index (χ2v) is 10.3. The van der Waals surface area contributed by atoms with E-state index < -0.39 is 17.6 Å². The highest BCUT2D eigenvalue weighted by Gasteiger charge is 2.30. The number of nitrogens with one attached hydrogen (secondary N) is 1. The number of rotatable bonds is 11. The number of amides is 1. The van der Waals surface area contributed by atoms with Crippen LogP contribution in [-0.4, -0.2) is 30.6 Å². The molecule has 1 aromatic heterocycles. The molecule has 0 spiro atoms. The SMILES string of the molecule is CCCC(c1ccc(C(=O)NCCC(=O)O)cc1)C(c1ccc(OC)cc1)c1csc2c(C#N)c(F)c(F)cc12. The van der Waals surface area contributed by atoms with E-state index in [1.54, 1.807) is 19.2 Å². The summed E-state index contributed by atoms with van der Waals surface area (Å²) in [5.74, 6) is -3.26. The van der Waals surface area contributed by atoms with Gasteiger partial charge >= 0.3 is 5.97 Å². The van der Waals surface area contributed by atoms with E-state index in [1.165, 1.54) is 17.4 Å². The summed E-state index contributed by atoms with van der Waals surface area (Å²) in [4.78, 5) is 23.2. The van der Waals surface area contributed by atoms with Gasteiger partial charge in [0, 0.05) is 23.4 Å². The molecule has 0 saturated heterocycles. The van der Waals surface area contributed by atoms with Gasteiger partial charge in [0.2, 0.25) is 0 Å². The van der Waals surface area contributed by atoms with Crippen LogP contribution in [0, 0.1) is 23.0 Å². The summed E-state index contributed by atoms with van der Waals surface area (Å²) in [6.07, 6.45) is 1.43. The number of carboxylic acid groups (broad SMARTS) is 1. The predicted molar refractivity (Wildman–Crippen MR) is 150 cm³/mol. The molecule has 0 radical (unpaired) electrons. The lowest BCUT2D eigenvalue weighted by Gasteiger charge is -2.29. The van der Waals surface area contributed by atoms with Gasteiger partial charge in [-0.3, -0.25) is 9.59 Å². The van der Waals surface area contributed by atoms with Gasteiger partial charge in [0.25, 0.3) is 5.91 Å². The first-order valence-corrected chi connectivity index (χ1v) is 13.7. The highest BCUT2D eigenvalue weighted by atomic mass is 32.1. The molecule has 1 amide bonds. The molecule has 0 fully saturated rings. The van der Waals surface area contributed by atoms with E-state index in [-0.39, 0.29) is 36.3 Å². The monoisotopic (exact) mass is 562 g/mol. The summed E-state index contributed by atoms with van der Waals surface area (Å²) in [5.41, 5.74) is 2.78. The standard InChI is InChI=1S/C31H28F2N2O4S/c1-3-4-22(18-5-7-20(8-6-18)31(38)35-14-13-27(36)37)28(19-9-11-21(39-2)12-10-19)25-17-40-30-23(25)15-26(32)29(33)24(30)16-34/h5-12,15,17,22,28H,3-4,13-14H2,1-2H3,(H,35,38)(H,36,37).